The van der Waals surface area contributed by atoms with Crippen LogP contribution in [-0.4, -0.2) is 39.7 Å². The van der Waals surface area contributed by atoms with Crippen molar-refractivity contribution in [3.8, 4) is 5.75 Å². The van der Waals surface area contributed by atoms with Gasteiger partial charge in [-0.2, -0.15) is 5.10 Å². The molecule has 0 amide bonds. The van der Waals surface area contributed by atoms with Crippen molar-refractivity contribution in [1.29, 1.82) is 0 Å². The van der Waals surface area contributed by atoms with E-state index < -0.39 is 5.97 Å². The van der Waals surface area contributed by atoms with E-state index in [1.807, 2.05) is 17.8 Å². The fourth-order valence-electron chi connectivity index (χ4n) is 3.82. The molecular formula is C16H18N2O4. The minimum atomic E-state index is -0.989. The van der Waals surface area contributed by atoms with Gasteiger partial charge in [0.05, 0.1) is 29.9 Å². The maximum absolute atomic E-state index is 11.4. The van der Waals surface area contributed by atoms with Gasteiger partial charge in [0.2, 0.25) is 0 Å². The normalized spacial score (nSPS) is 29.5. The van der Waals surface area contributed by atoms with Crippen molar-refractivity contribution in [3.05, 3.63) is 23.9 Å². The molecule has 0 unspecified atom stereocenters. The summed E-state index contributed by atoms with van der Waals surface area (Å²) in [6.45, 7) is 5.04. The van der Waals surface area contributed by atoms with Gasteiger partial charge < -0.3 is 14.6 Å². The lowest BCUT2D eigenvalue weighted by molar-refractivity contribution is 0.00383. The predicted molar refractivity (Wildman–Crippen MR) is 79.4 cm³/mol. The number of fused-ring (bicyclic) bond motifs is 2. The Kier molecular flexibility index (Phi) is 2.61. The molecule has 5 rings (SSSR count). The van der Waals surface area contributed by atoms with Gasteiger partial charge >= 0.3 is 5.97 Å². The largest absolute Gasteiger partial charge is 0.493 e. The van der Waals surface area contributed by atoms with Crippen LogP contribution in [0.25, 0.3) is 10.9 Å². The molecule has 2 bridgehead atoms. The molecule has 1 aromatic carbocycles. The third-order valence-corrected chi connectivity index (χ3v) is 4.72. The van der Waals surface area contributed by atoms with Gasteiger partial charge in [-0.25, -0.2) is 4.79 Å². The molecule has 2 aromatic rings. The SMILES string of the molecule is CCOc1cc2nn(C34COC(C)(C3)C4)cc2cc1C(=O)O. The maximum Gasteiger partial charge on any atom is 0.339 e. The summed E-state index contributed by atoms with van der Waals surface area (Å²) in [6.07, 6.45) is 3.84. The van der Waals surface area contributed by atoms with Crippen LogP contribution >= 0.6 is 0 Å². The molecule has 3 aliphatic rings. The molecule has 6 heteroatoms. The first-order valence-corrected chi connectivity index (χ1v) is 7.49. The van der Waals surface area contributed by atoms with Gasteiger partial charge in [0.1, 0.15) is 11.3 Å². The third-order valence-electron chi connectivity index (χ3n) is 4.72. The van der Waals surface area contributed by atoms with E-state index in [4.69, 9.17) is 9.47 Å². The Balaban J connectivity index is 1.79. The van der Waals surface area contributed by atoms with Crippen LogP contribution in [0, 0.1) is 0 Å². The lowest BCUT2D eigenvalue weighted by atomic mass is 9.69. The standard InChI is InChI=1S/C16H18N2O4/c1-3-21-13-5-12-10(4-11(13)14(19)20)6-18(17-12)16-7-15(2,8-16)22-9-16/h4-6H,3,7-9H2,1-2H3,(H,19,20). The Hall–Kier alpha value is -2.08. The minimum Gasteiger partial charge on any atom is -0.493 e. The molecule has 22 heavy (non-hydrogen) atoms. The van der Waals surface area contributed by atoms with Crippen LogP contribution in [0.5, 0.6) is 5.75 Å². The molecule has 2 saturated heterocycles. The summed E-state index contributed by atoms with van der Waals surface area (Å²) in [4.78, 5) is 11.4. The van der Waals surface area contributed by atoms with Gasteiger partial charge in [0.15, 0.2) is 0 Å². The molecule has 3 fully saturated rings. The van der Waals surface area contributed by atoms with Crippen molar-refractivity contribution in [1.82, 2.24) is 9.78 Å². The van der Waals surface area contributed by atoms with Gasteiger partial charge in [-0.3, -0.25) is 4.68 Å². The molecule has 1 aliphatic carbocycles. The molecule has 2 aliphatic heterocycles. The molecular weight excluding hydrogens is 284 g/mol. The first-order valence-electron chi connectivity index (χ1n) is 7.49. The molecule has 1 N–H and O–H groups in total. The lowest BCUT2D eigenvalue weighted by Crippen LogP contribution is -2.49. The van der Waals surface area contributed by atoms with Crippen LogP contribution in [-0.2, 0) is 10.3 Å². The van der Waals surface area contributed by atoms with Crippen LogP contribution in [0.2, 0.25) is 0 Å². The summed E-state index contributed by atoms with van der Waals surface area (Å²) >= 11 is 0. The van der Waals surface area contributed by atoms with E-state index in [2.05, 4.69) is 12.0 Å². The Morgan fingerprint density at radius 3 is 2.86 bits per heavy atom. The van der Waals surface area contributed by atoms with Crippen LogP contribution in [0.3, 0.4) is 0 Å². The molecule has 3 heterocycles. The number of ether oxygens (including phenoxy) is 2. The number of nitrogens with zero attached hydrogens (tertiary/aromatic N) is 2. The molecule has 1 saturated carbocycles. The second-order valence-corrected chi connectivity index (χ2v) is 6.54. The summed E-state index contributed by atoms with van der Waals surface area (Å²) in [6, 6.07) is 3.35. The first-order chi connectivity index (χ1) is 10.4. The fraction of sp³-hybridized carbons (Fsp3) is 0.500. The summed E-state index contributed by atoms with van der Waals surface area (Å²) in [5, 5.41) is 14.8. The molecule has 6 nitrogen and oxygen atoms in total. The Bertz CT molecular complexity index is 774. The van der Waals surface area contributed by atoms with E-state index in [1.54, 1.807) is 12.1 Å². The van der Waals surface area contributed by atoms with E-state index in [0.717, 1.165) is 23.7 Å². The van der Waals surface area contributed by atoms with Gasteiger partial charge in [-0.1, -0.05) is 0 Å². The van der Waals surface area contributed by atoms with Crippen LogP contribution < -0.4 is 4.74 Å². The number of hydrogen-bond acceptors (Lipinski definition) is 4. The van der Waals surface area contributed by atoms with Crippen LogP contribution in [0.15, 0.2) is 18.3 Å². The summed E-state index contributed by atoms with van der Waals surface area (Å²) < 4.78 is 13.2. The number of carboxylic acids is 1. The highest BCUT2D eigenvalue weighted by atomic mass is 16.5. The van der Waals surface area contributed by atoms with E-state index in [1.165, 1.54) is 0 Å². The molecule has 1 aromatic heterocycles. The Morgan fingerprint density at radius 1 is 1.50 bits per heavy atom. The van der Waals surface area contributed by atoms with Crippen LogP contribution in [0.4, 0.5) is 0 Å². The number of hydrogen-bond donors (Lipinski definition) is 1. The highest BCUT2D eigenvalue weighted by molar-refractivity contribution is 5.96. The summed E-state index contributed by atoms with van der Waals surface area (Å²) in [7, 11) is 0. The van der Waals surface area contributed by atoms with Crippen molar-refractivity contribution >= 4 is 16.9 Å². The quantitative estimate of drug-likeness (QED) is 0.939. The van der Waals surface area contributed by atoms with E-state index in [0.29, 0.717) is 19.0 Å². The van der Waals surface area contributed by atoms with E-state index in [-0.39, 0.29) is 16.7 Å². The maximum atomic E-state index is 11.4. The topological polar surface area (TPSA) is 73.6 Å². The van der Waals surface area contributed by atoms with Gasteiger partial charge in [-0.05, 0) is 19.9 Å². The number of rotatable bonds is 4. The average molecular weight is 302 g/mol. The van der Waals surface area contributed by atoms with Crippen molar-refractivity contribution in [2.75, 3.05) is 13.2 Å². The highest BCUT2D eigenvalue weighted by Crippen LogP contribution is 2.55. The van der Waals surface area contributed by atoms with Crippen molar-refractivity contribution < 1.29 is 19.4 Å². The van der Waals surface area contributed by atoms with Gasteiger partial charge in [0.25, 0.3) is 0 Å². The highest BCUT2D eigenvalue weighted by Gasteiger charge is 2.61. The van der Waals surface area contributed by atoms with Gasteiger partial charge in [-0.15, -0.1) is 0 Å². The van der Waals surface area contributed by atoms with Gasteiger partial charge in [0, 0.05) is 30.5 Å². The molecule has 0 spiro atoms. The third kappa shape index (κ3) is 1.76. The second-order valence-electron chi connectivity index (χ2n) is 6.54. The number of aromatic carboxylic acids is 1. The molecule has 0 radical (unpaired) electrons. The van der Waals surface area contributed by atoms with Crippen LogP contribution in [0.1, 0.15) is 37.0 Å². The monoisotopic (exact) mass is 302 g/mol. The zero-order valence-corrected chi connectivity index (χ0v) is 12.6. The number of carbonyl (C=O) groups is 1. The smallest absolute Gasteiger partial charge is 0.339 e. The number of benzene rings is 1. The lowest BCUT2D eigenvalue weighted by Gasteiger charge is -2.42. The summed E-state index contributed by atoms with van der Waals surface area (Å²) in [5.41, 5.74) is 0.847. The van der Waals surface area contributed by atoms with Crippen molar-refractivity contribution in [2.24, 2.45) is 0 Å². The molecule has 0 atom stereocenters. The Labute approximate surface area is 127 Å². The molecule has 116 valence electrons. The number of carboxylic acid groups (broad SMARTS) is 1. The summed E-state index contributed by atoms with van der Waals surface area (Å²) in [5.74, 6) is -0.622. The first kappa shape index (κ1) is 13.6. The second kappa shape index (κ2) is 4.23. The van der Waals surface area contributed by atoms with Crippen molar-refractivity contribution in [3.63, 3.8) is 0 Å². The number of aromatic nitrogens is 2. The predicted octanol–water partition coefficient (Wildman–Crippen LogP) is 2.41. The van der Waals surface area contributed by atoms with E-state index >= 15 is 0 Å². The average Bonchev–Trinajstić information content (AvgIpc) is 3.07. The zero-order chi connectivity index (χ0) is 15.5. The Morgan fingerprint density at radius 2 is 2.27 bits per heavy atom. The van der Waals surface area contributed by atoms with Crippen molar-refractivity contribution in [2.45, 2.75) is 37.8 Å². The zero-order valence-electron chi connectivity index (χ0n) is 12.6. The fourth-order valence-corrected chi connectivity index (χ4v) is 3.82. The minimum absolute atomic E-state index is 0.0131. The van der Waals surface area contributed by atoms with E-state index in [9.17, 15) is 9.90 Å².